The van der Waals surface area contributed by atoms with Gasteiger partial charge in [0.1, 0.15) is 5.75 Å². The zero-order chi connectivity index (χ0) is 11.5. The molecule has 0 aromatic heterocycles. The molecule has 6 heteroatoms. The first-order valence-corrected chi connectivity index (χ1v) is 5.83. The van der Waals surface area contributed by atoms with Crippen LogP contribution in [0.2, 0.25) is 0 Å². The number of aliphatic hydroxyl groups excluding tert-OH is 1. The predicted octanol–water partition coefficient (Wildman–Crippen LogP) is 0.964. The summed E-state index contributed by atoms with van der Waals surface area (Å²) < 4.78 is 35.3. The SMILES string of the molecule is CCOc1ccccc1C(O)S(=O)(=O)O. The largest absolute Gasteiger partial charge is 0.493 e. The number of aliphatic hydroxyl groups is 1. The quantitative estimate of drug-likeness (QED) is 0.755. The molecule has 1 unspecified atom stereocenters. The van der Waals surface area contributed by atoms with Crippen LogP contribution < -0.4 is 4.74 Å². The van der Waals surface area contributed by atoms with E-state index in [0.29, 0.717) is 6.61 Å². The molecule has 1 atom stereocenters. The Hall–Kier alpha value is -1.11. The van der Waals surface area contributed by atoms with Crippen LogP contribution in [0.25, 0.3) is 0 Å². The summed E-state index contributed by atoms with van der Waals surface area (Å²) in [5.41, 5.74) is -1.94. The van der Waals surface area contributed by atoms with Gasteiger partial charge in [0.05, 0.1) is 6.61 Å². The fourth-order valence-corrected chi connectivity index (χ4v) is 1.65. The molecular weight excluding hydrogens is 220 g/mol. The van der Waals surface area contributed by atoms with Crippen molar-refractivity contribution in [1.29, 1.82) is 0 Å². The lowest BCUT2D eigenvalue weighted by molar-refractivity contribution is 0.229. The Labute approximate surface area is 88.1 Å². The first kappa shape index (κ1) is 12.0. The van der Waals surface area contributed by atoms with Gasteiger partial charge in [-0.1, -0.05) is 18.2 Å². The summed E-state index contributed by atoms with van der Waals surface area (Å²) >= 11 is 0. The monoisotopic (exact) mass is 232 g/mol. The summed E-state index contributed by atoms with van der Waals surface area (Å²) in [6.07, 6.45) is 0. The van der Waals surface area contributed by atoms with E-state index in [1.54, 1.807) is 19.1 Å². The standard InChI is InChI=1S/C9H12O5S/c1-2-14-8-6-4-3-5-7(8)9(10)15(11,12)13/h3-6,9-10H,2H2,1H3,(H,11,12,13). The molecule has 2 N–H and O–H groups in total. The smallest absolute Gasteiger partial charge is 0.296 e. The van der Waals surface area contributed by atoms with Crippen molar-refractivity contribution in [1.82, 2.24) is 0 Å². The zero-order valence-electron chi connectivity index (χ0n) is 8.12. The maximum Gasteiger partial charge on any atom is 0.296 e. The molecule has 1 rings (SSSR count). The predicted molar refractivity (Wildman–Crippen MR) is 54.1 cm³/mol. The third-order valence-electron chi connectivity index (χ3n) is 1.77. The molecule has 0 aliphatic carbocycles. The van der Waals surface area contributed by atoms with Crippen LogP contribution in [0.3, 0.4) is 0 Å². The van der Waals surface area contributed by atoms with Gasteiger partial charge in [0, 0.05) is 5.56 Å². The average molecular weight is 232 g/mol. The van der Waals surface area contributed by atoms with E-state index in [1.165, 1.54) is 12.1 Å². The number of hydrogen-bond donors (Lipinski definition) is 2. The van der Waals surface area contributed by atoms with E-state index in [-0.39, 0.29) is 11.3 Å². The van der Waals surface area contributed by atoms with Crippen molar-refractivity contribution in [2.45, 2.75) is 12.4 Å². The fourth-order valence-electron chi connectivity index (χ4n) is 1.13. The van der Waals surface area contributed by atoms with Gasteiger partial charge in [-0.05, 0) is 13.0 Å². The van der Waals surface area contributed by atoms with E-state index in [4.69, 9.17) is 9.29 Å². The highest BCUT2D eigenvalue weighted by molar-refractivity contribution is 7.85. The van der Waals surface area contributed by atoms with Gasteiger partial charge in [-0.15, -0.1) is 0 Å². The minimum atomic E-state index is -4.52. The molecule has 0 bridgehead atoms. The Bertz CT molecular complexity index is 426. The molecule has 5 nitrogen and oxygen atoms in total. The summed E-state index contributed by atoms with van der Waals surface area (Å²) in [6, 6.07) is 6.09. The zero-order valence-corrected chi connectivity index (χ0v) is 8.94. The van der Waals surface area contributed by atoms with Gasteiger partial charge in [0.2, 0.25) is 5.44 Å². The number of rotatable bonds is 4. The van der Waals surface area contributed by atoms with Gasteiger partial charge in [-0.3, -0.25) is 4.55 Å². The van der Waals surface area contributed by atoms with Gasteiger partial charge >= 0.3 is 0 Å². The van der Waals surface area contributed by atoms with E-state index in [9.17, 15) is 13.5 Å². The Morgan fingerprint density at radius 1 is 1.40 bits per heavy atom. The second kappa shape index (κ2) is 4.61. The van der Waals surface area contributed by atoms with Crippen LogP contribution in [0.5, 0.6) is 5.75 Å². The van der Waals surface area contributed by atoms with E-state index in [2.05, 4.69) is 0 Å². The van der Waals surface area contributed by atoms with Crippen molar-refractivity contribution in [3.63, 3.8) is 0 Å². The molecule has 0 spiro atoms. The summed E-state index contributed by atoms with van der Waals surface area (Å²) in [5.74, 6) is 0.241. The highest BCUT2D eigenvalue weighted by Crippen LogP contribution is 2.27. The maximum atomic E-state index is 10.7. The van der Waals surface area contributed by atoms with E-state index >= 15 is 0 Å². The molecule has 0 saturated carbocycles. The molecule has 0 fully saturated rings. The van der Waals surface area contributed by atoms with Crippen molar-refractivity contribution < 1.29 is 22.8 Å². The van der Waals surface area contributed by atoms with E-state index < -0.39 is 15.6 Å². The van der Waals surface area contributed by atoms with Crippen molar-refractivity contribution in [3.05, 3.63) is 29.8 Å². The topological polar surface area (TPSA) is 83.8 Å². The van der Waals surface area contributed by atoms with Gasteiger partial charge in [0.15, 0.2) is 0 Å². The first-order valence-electron chi connectivity index (χ1n) is 4.33. The second-order valence-corrected chi connectivity index (χ2v) is 4.31. The van der Waals surface area contributed by atoms with Crippen LogP contribution in [0.1, 0.15) is 17.9 Å². The average Bonchev–Trinajstić information content (AvgIpc) is 2.17. The van der Waals surface area contributed by atoms with Crippen LogP contribution in [0.4, 0.5) is 0 Å². The molecule has 0 saturated heterocycles. The maximum absolute atomic E-state index is 10.7. The molecule has 0 radical (unpaired) electrons. The summed E-state index contributed by atoms with van der Waals surface area (Å²) in [4.78, 5) is 0. The molecule has 0 aliphatic rings. The molecule has 1 aromatic rings. The number of hydrogen-bond acceptors (Lipinski definition) is 4. The Morgan fingerprint density at radius 2 is 2.00 bits per heavy atom. The second-order valence-electron chi connectivity index (χ2n) is 2.84. The Kier molecular flexibility index (Phi) is 3.67. The van der Waals surface area contributed by atoms with Crippen LogP contribution in [0, 0.1) is 0 Å². The van der Waals surface area contributed by atoms with Gasteiger partial charge in [0.25, 0.3) is 10.1 Å². The summed E-state index contributed by atoms with van der Waals surface area (Å²) in [7, 11) is -4.52. The van der Waals surface area contributed by atoms with Crippen LogP contribution in [-0.2, 0) is 10.1 Å². The molecule has 0 heterocycles. The lowest BCUT2D eigenvalue weighted by Gasteiger charge is -2.12. The third kappa shape index (κ3) is 2.92. The van der Waals surface area contributed by atoms with Crippen LogP contribution in [0.15, 0.2) is 24.3 Å². The minimum Gasteiger partial charge on any atom is -0.493 e. The summed E-state index contributed by atoms with van der Waals surface area (Å²) in [6.45, 7) is 2.08. The molecular formula is C9H12O5S. The van der Waals surface area contributed by atoms with Gasteiger partial charge < -0.3 is 9.84 Å². The third-order valence-corrected chi connectivity index (χ3v) is 2.59. The van der Waals surface area contributed by atoms with E-state index in [1.807, 2.05) is 0 Å². The molecule has 0 aliphatic heterocycles. The van der Waals surface area contributed by atoms with Gasteiger partial charge in [-0.25, -0.2) is 0 Å². The molecule has 1 aromatic carbocycles. The molecule has 84 valence electrons. The number of ether oxygens (including phenoxy) is 1. The first-order chi connectivity index (χ1) is 6.96. The number of para-hydroxylation sites is 1. The number of benzene rings is 1. The highest BCUT2D eigenvalue weighted by Gasteiger charge is 2.24. The van der Waals surface area contributed by atoms with E-state index in [0.717, 1.165) is 0 Å². The van der Waals surface area contributed by atoms with Crippen LogP contribution >= 0.6 is 0 Å². The molecule has 15 heavy (non-hydrogen) atoms. The minimum absolute atomic E-state index is 0.0295. The lowest BCUT2D eigenvalue weighted by Crippen LogP contribution is -2.12. The highest BCUT2D eigenvalue weighted by atomic mass is 32.2. The fraction of sp³-hybridized carbons (Fsp3) is 0.333. The van der Waals surface area contributed by atoms with Crippen molar-refractivity contribution >= 4 is 10.1 Å². The Morgan fingerprint density at radius 3 is 2.53 bits per heavy atom. The van der Waals surface area contributed by atoms with Gasteiger partial charge in [-0.2, -0.15) is 8.42 Å². The van der Waals surface area contributed by atoms with Crippen molar-refractivity contribution in [2.24, 2.45) is 0 Å². The van der Waals surface area contributed by atoms with Crippen molar-refractivity contribution in [2.75, 3.05) is 6.61 Å². The normalized spacial score (nSPS) is 13.5. The Balaban J connectivity index is 3.13. The lowest BCUT2D eigenvalue weighted by atomic mass is 10.2. The van der Waals surface area contributed by atoms with Crippen LogP contribution in [-0.4, -0.2) is 24.7 Å². The molecule has 0 amide bonds. The summed E-state index contributed by atoms with van der Waals surface area (Å²) in [5, 5.41) is 9.35. The van der Waals surface area contributed by atoms with Crippen molar-refractivity contribution in [3.8, 4) is 5.75 Å².